The number of benzene rings is 1. The average Bonchev–Trinajstić information content (AvgIpc) is 2.86. The van der Waals surface area contributed by atoms with Gasteiger partial charge in [-0.1, -0.05) is 17.7 Å². The number of rotatable bonds is 2. The summed E-state index contributed by atoms with van der Waals surface area (Å²) >= 11 is 6.48. The lowest BCUT2D eigenvalue weighted by Gasteiger charge is -2.56. The molecule has 0 atom stereocenters. The molecule has 4 heteroatoms. The summed E-state index contributed by atoms with van der Waals surface area (Å²) in [6.45, 7) is 3.10. The van der Waals surface area contributed by atoms with Gasteiger partial charge in [-0.15, -0.1) is 0 Å². The molecule has 2 heterocycles. The van der Waals surface area contributed by atoms with Crippen molar-refractivity contribution in [3.63, 3.8) is 0 Å². The molecule has 0 amide bonds. The molecule has 2 aromatic rings. The number of aryl methyl sites for hydroxylation is 1. The number of aromatic nitrogens is 2. The maximum atomic E-state index is 6.48. The van der Waals surface area contributed by atoms with E-state index in [-0.39, 0.29) is 0 Å². The lowest BCUT2D eigenvalue weighted by molar-refractivity contribution is -0.00773. The summed E-state index contributed by atoms with van der Waals surface area (Å²) < 4.78 is 2.18. The third-order valence-corrected chi connectivity index (χ3v) is 8.48. The van der Waals surface area contributed by atoms with E-state index in [1.54, 1.807) is 0 Å². The lowest BCUT2D eigenvalue weighted by atomic mass is 9.48. The largest absolute Gasteiger partial charge is 0.370 e. The molecule has 4 bridgehead atoms. The van der Waals surface area contributed by atoms with Gasteiger partial charge in [-0.2, -0.15) is 5.10 Å². The quantitative estimate of drug-likeness (QED) is 0.670. The fraction of sp³-hybridized carbons (Fsp3) is 0.625. The molecule has 1 N–H and O–H groups in total. The zero-order chi connectivity index (χ0) is 18.9. The van der Waals surface area contributed by atoms with Gasteiger partial charge < -0.3 is 5.32 Å². The van der Waals surface area contributed by atoms with Crippen molar-refractivity contribution in [3.8, 4) is 5.69 Å². The van der Waals surface area contributed by atoms with E-state index in [1.165, 1.54) is 74.9 Å². The molecule has 3 nitrogen and oxygen atoms in total. The van der Waals surface area contributed by atoms with E-state index < -0.39 is 0 Å². The Morgan fingerprint density at radius 1 is 1.07 bits per heavy atom. The third kappa shape index (κ3) is 2.58. The summed E-state index contributed by atoms with van der Waals surface area (Å²) in [4.78, 5) is 0. The van der Waals surface area contributed by atoms with E-state index in [4.69, 9.17) is 16.7 Å². The molecule has 4 saturated carbocycles. The smallest absolute Gasteiger partial charge is 0.133 e. The molecule has 1 aliphatic heterocycles. The van der Waals surface area contributed by atoms with Crippen molar-refractivity contribution in [2.45, 2.75) is 70.1 Å². The SMILES string of the molecule is Cc1ccc(-n2nc(C34CC5CC(CC(C5)C3)C4)c3c2NCCCC3)cc1Cl. The summed E-state index contributed by atoms with van der Waals surface area (Å²) in [5.41, 5.74) is 5.50. The van der Waals surface area contributed by atoms with Gasteiger partial charge in [0.05, 0.1) is 11.4 Å². The maximum Gasteiger partial charge on any atom is 0.133 e. The molecular weight excluding hydrogens is 366 g/mol. The monoisotopic (exact) mass is 395 g/mol. The summed E-state index contributed by atoms with van der Waals surface area (Å²) in [5.74, 6) is 4.07. The summed E-state index contributed by atoms with van der Waals surface area (Å²) in [5, 5.41) is 9.92. The molecule has 1 aromatic carbocycles. The van der Waals surface area contributed by atoms with Crippen molar-refractivity contribution in [1.29, 1.82) is 0 Å². The Balaban J connectivity index is 1.51. The first-order valence-corrected chi connectivity index (χ1v) is 11.6. The average molecular weight is 396 g/mol. The van der Waals surface area contributed by atoms with Gasteiger partial charge in [-0.3, -0.25) is 0 Å². The van der Waals surface area contributed by atoms with Crippen LogP contribution in [-0.4, -0.2) is 16.3 Å². The predicted octanol–water partition coefficient (Wildman–Crippen LogP) is 6.05. The van der Waals surface area contributed by atoms with Crippen LogP contribution in [0.2, 0.25) is 5.02 Å². The minimum Gasteiger partial charge on any atom is -0.370 e. The molecule has 0 unspecified atom stereocenters. The number of halogens is 1. The first kappa shape index (κ1) is 17.4. The second-order valence-electron chi connectivity index (χ2n) is 10.1. The molecular formula is C24H30ClN3. The Kier molecular flexibility index (Phi) is 3.88. The summed E-state index contributed by atoms with van der Waals surface area (Å²) in [7, 11) is 0. The highest BCUT2D eigenvalue weighted by atomic mass is 35.5. The molecule has 0 spiro atoms. The Morgan fingerprint density at radius 2 is 1.79 bits per heavy atom. The van der Waals surface area contributed by atoms with E-state index in [9.17, 15) is 0 Å². The predicted molar refractivity (Wildman–Crippen MR) is 115 cm³/mol. The van der Waals surface area contributed by atoms with Gasteiger partial charge in [0.15, 0.2) is 0 Å². The Morgan fingerprint density at radius 3 is 2.46 bits per heavy atom. The van der Waals surface area contributed by atoms with Crippen molar-refractivity contribution in [3.05, 3.63) is 40.0 Å². The Labute approximate surface area is 172 Å². The van der Waals surface area contributed by atoms with Crippen LogP contribution in [0.15, 0.2) is 18.2 Å². The first-order valence-electron chi connectivity index (χ1n) is 11.2. The number of anilines is 1. The van der Waals surface area contributed by atoms with Gasteiger partial charge in [0.2, 0.25) is 0 Å². The number of fused-ring (bicyclic) bond motifs is 1. The van der Waals surface area contributed by atoms with Gasteiger partial charge in [0.25, 0.3) is 0 Å². The van der Waals surface area contributed by atoms with Crippen molar-refractivity contribution in [1.82, 2.24) is 9.78 Å². The van der Waals surface area contributed by atoms with Crippen LogP contribution >= 0.6 is 11.6 Å². The number of nitrogens with zero attached hydrogens (tertiary/aromatic N) is 2. The normalized spacial score (nSPS) is 33.4. The molecule has 0 saturated heterocycles. The molecule has 4 aliphatic carbocycles. The van der Waals surface area contributed by atoms with E-state index in [2.05, 4.69) is 35.1 Å². The van der Waals surface area contributed by atoms with Crippen molar-refractivity contribution < 1.29 is 0 Å². The Hall–Kier alpha value is -1.48. The van der Waals surface area contributed by atoms with E-state index in [0.717, 1.165) is 40.6 Å². The zero-order valence-corrected chi connectivity index (χ0v) is 17.6. The molecule has 7 rings (SSSR count). The number of nitrogens with one attached hydrogen (secondary N) is 1. The van der Waals surface area contributed by atoms with Gasteiger partial charge in [0.1, 0.15) is 5.82 Å². The minimum atomic E-state index is 0.338. The van der Waals surface area contributed by atoms with Gasteiger partial charge in [-0.05, 0) is 100 Å². The third-order valence-electron chi connectivity index (χ3n) is 8.07. The van der Waals surface area contributed by atoms with Crippen LogP contribution < -0.4 is 5.32 Å². The van der Waals surface area contributed by atoms with Crippen LogP contribution in [-0.2, 0) is 11.8 Å². The standard InChI is InChI=1S/C24H30ClN3/c1-15-5-6-19(11-21(15)25)28-23-20(4-2-3-7-26-23)22(27-28)24-12-16-8-17(13-24)10-18(9-16)14-24/h5-6,11,16-18,26H,2-4,7-10,12-14H2,1H3. The van der Waals surface area contributed by atoms with Gasteiger partial charge >= 0.3 is 0 Å². The maximum absolute atomic E-state index is 6.48. The van der Waals surface area contributed by atoms with Crippen LogP contribution in [0.3, 0.4) is 0 Å². The fourth-order valence-corrected chi connectivity index (χ4v) is 7.40. The summed E-state index contributed by atoms with van der Waals surface area (Å²) in [6.07, 6.45) is 12.2. The van der Waals surface area contributed by atoms with Crippen molar-refractivity contribution >= 4 is 17.4 Å². The Bertz CT molecular complexity index is 893. The molecule has 5 aliphatic rings. The highest BCUT2D eigenvalue weighted by Gasteiger charge is 2.53. The fourth-order valence-electron chi connectivity index (χ4n) is 7.23. The van der Waals surface area contributed by atoms with Crippen LogP contribution in [0, 0.1) is 24.7 Å². The topological polar surface area (TPSA) is 29.9 Å². The number of hydrogen-bond acceptors (Lipinski definition) is 2. The first-order chi connectivity index (χ1) is 13.6. The second-order valence-corrected chi connectivity index (χ2v) is 10.5. The molecule has 148 valence electrons. The van der Waals surface area contributed by atoms with Gasteiger partial charge in [0, 0.05) is 22.5 Å². The molecule has 28 heavy (non-hydrogen) atoms. The van der Waals surface area contributed by atoms with Crippen molar-refractivity contribution in [2.24, 2.45) is 17.8 Å². The zero-order valence-electron chi connectivity index (χ0n) is 16.8. The van der Waals surface area contributed by atoms with Crippen molar-refractivity contribution in [2.75, 3.05) is 11.9 Å². The molecule has 4 fully saturated rings. The lowest BCUT2D eigenvalue weighted by Crippen LogP contribution is -2.49. The highest BCUT2D eigenvalue weighted by molar-refractivity contribution is 6.31. The molecule has 0 radical (unpaired) electrons. The van der Waals surface area contributed by atoms with Gasteiger partial charge in [-0.25, -0.2) is 4.68 Å². The van der Waals surface area contributed by atoms with Crippen LogP contribution in [0.25, 0.3) is 5.69 Å². The van der Waals surface area contributed by atoms with E-state index >= 15 is 0 Å². The highest BCUT2D eigenvalue weighted by Crippen LogP contribution is 2.61. The second kappa shape index (κ2) is 6.26. The molecule has 1 aromatic heterocycles. The van der Waals surface area contributed by atoms with E-state index in [0.29, 0.717) is 5.41 Å². The minimum absolute atomic E-state index is 0.338. The van der Waals surface area contributed by atoms with E-state index in [1.807, 2.05) is 0 Å². The van der Waals surface area contributed by atoms with Crippen LogP contribution in [0.4, 0.5) is 5.82 Å². The van der Waals surface area contributed by atoms with Crippen LogP contribution in [0.1, 0.15) is 68.2 Å². The van der Waals surface area contributed by atoms with Crippen LogP contribution in [0.5, 0.6) is 0 Å². The number of hydrogen-bond donors (Lipinski definition) is 1. The summed E-state index contributed by atoms with van der Waals surface area (Å²) in [6, 6.07) is 6.37.